The van der Waals surface area contributed by atoms with E-state index in [4.69, 9.17) is 11.6 Å². The number of hydrogen-bond acceptors (Lipinski definition) is 1. The molecule has 0 amide bonds. The van der Waals surface area contributed by atoms with Gasteiger partial charge < -0.3 is 0 Å². The molecule has 0 aliphatic carbocycles. The predicted molar refractivity (Wildman–Crippen MR) is 72.5 cm³/mol. The predicted octanol–water partition coefficient (Wildman–Crippen LogP) is 4.89. The molecule has 2 rings (SSSR count). The van der Waals surface area contributed by atoms with Crippen LogP contribution in [0.15, 0.2) is 35.0 Å². The molecule has 1 aromatic carbocycles. The third-order valence-corrected chi connectivity index (χ3v) is 4.16. The summed E-state index contributed by atoms with van der Waals surface area (Å²) in [6, 6.07) is 8.44. The van der Waals surface area contributed by atoms with Crippen LogP contribution < -0.4 is 0 Å². The second-order valence-electron chi connectivity index (χ2n) is 4.11. The minimum absolute atomic E-state index is 0.0901. The van der Waals surface area contributed by atoms with Crippen molar-refractivity contribution in [3.8, 4) is 0 Å². The van der Waals surface area contributed by atoms with Crippen LogP contribution in [-0.2, 0) is 6.42 Å². The van der Waals surface area contributed by atoms with Crippen molar-refractivity contribution in [1.29, 1.82) is 0 Å². The first-order chi connectivity index (χ1) is 7.68. The fourth-order valence-corrected chi connectivity index (χ4v) is 3.21. The third kappa shape index (κ3) is 2.47. The first-order valence-corrected chi connectivity index (χ1v) is 6.77. The summed E-state index contributed by atoms with van der Waals surface area (Å²) in [5.74, 6) is 0. The van der Waals surface area contributed by atoms with Gasteiger partial charge in [0.05, 0.1) is 5.38 Å². The van der Waals surface area contributed by atoms with Crippen LogP contribution in [0.2, 0.25) is 0 Å². The van der Waals surface area contributed by atoms with Crippen molar-refractivity contribution < 1.29 is 0 Å². The van der Waals surface area contributed by atoms with E-state index in [1.54, 1.807) is 11.3 Å². The van der Waals surface area contributed by atoms with Gasteiger partial charge in [0, 0.05) is 0 Å². The lowest BCUT2D eigenvalue weighted by molar-refractivity contribution is 0.908. The standard InChI is InChI=1S/C14H15ClS/c1-10-5-3-4-6-12(10)7-14(15)13-9-16-8-11(13)2/h3-6,8-9,14H,7H2,1-2H3. The highest BCUT2D eigenvalue weighted by molar-refractivity contribution is 7.08. The van der Waals surface area contributed by atoms with Gasteiger partial charge in [-0.2, -0.15) is 11.3 Å². The number of benzene rings is 1. The van der Waals surface area contributed by atoms with E-state index in [0.717, 1.165) is 6.42 Å². The number of thiophene rings is 1. The molecule has 84 valence electrons. The molecule has 2 aromatic rings. The molecule has 0 radical (unpaired) electrons. The average Bonchev–Trinajstić information content (AvgIpc) is 2.68. The maximum atomic E-state index is 6.47. The molecule has 0 spiro atoms. The Labute approximate surface area is 106 Å². The van der Waals surface area contributed by atoms with Crippen LogP contribution in [-0.4, -0.2) is 0 Å². The maximum absolute atomic E-state index is 6.47. The minimum atomic E-state index is 0.0901. The van der Waals surface area contributed by atoms with Gasteiger partial charge in [-0.05, 0) is 53.3 Å². The zero-order valence-corrected chi connectivity index (χ0v) is 11.1. The summed E-state index contributed by atoms with van der Waals surface area (Å²) >= 11 is 8.19. The van der Waals surface area contributed by atoms with Crippen molar-refractivity contribution in [3.05, 3.63) is 57.3 Å². The van der Waals surface area contributed by atoms with Gasteiger partial charge in [-0.25, -0.2) is 0 Å². The summed E-state index contributed by atoms with van der Waals surface area (Å²) in [5, 5.41) is 4.40. The fraction of sp³-hybridized carbons (Fsp3) is 0.286. The molecule has 16 heavy (non-hydrogen) atoms. The van der Waals surface area contributed by atoms with Crippen molar-refractivity contribution >= 4 is 22.9 Å². The summed E-state index contributed by atoms with van der Waals surface area (Å²) < 4.78 is 0. The van der Waals surface area contributed by atoms with E-state index >= 15 is 0 Å². The van der Waals surface area contributed by atoms with Crippen molar-refractivity contribution in [2.75, 3.05) is 0 Å². The zero-order valence-electron chi connectivity index (χ0n) is 9.53. The molecular weight excluding hydrogens is 236 g/mol. The normalized spacial score (nSPS) is 12.7. The van der Waals surface area contributed by atoms with E-state index in [2.05, 4.69) is 48.9 Å². The van der Waals surface area contributed by atoms with Crippen LogP contribution in [0, 0.1) is 13.8 Å². The molecular formula is C14H15ClS. The smallest absolute Gasteiger partial charge is 0.0636 e. The van der Waals surface area contributed by atoms with Crippen molar-refractivity contribution in [2.24, 2.45) is 0 Å². The number of rotatable bonds is 3. The molecule has 0 bridgehead atoms. The quantitative estimate of drug-likeness (QED) is 0.681. The molecule has 0 nitrogen and oxygen atoms in total. The Balaban J connectivity index is 2.17. The molecule has 0 saturated carbocycles. The van der Waals surface area contributed by atoms with Gasteiger partial charge in [0.2, 0.25) is 0 Å². The molecule has 0 aliphatic heterocycles. The molecule has 0 N–H and O–H groups in total. The van der Waals surface area contributed by atoms with Gasteiger partial charge in [0.25, 0.3) is 0 Å². The highest BCUT2D eigenvalue weighted by Crippen LogP contribution is 2.30. The Morgan fingerprint density at radius 1 is 1.12 bits per heavy atom. The fourth-order valence-electron chi connectivity index (χ4n) is 1.83. The largest absolute Gasteiger partial charge is 0.152 e. The number of halogens is 1. The number of hydrogen-bond donors (Lipinski definition) is 0. The van der Waals surface area contributed by atoms with Gasteiger partial charge in [0.15, 0.2) is 0 Å². The third-order valence-electron chi connectivity index (χ3n) is 2.89. The van der Waals surface area contributed by atoms with Gasteiger partial charge in [-0.15, -0.1) is 11.6 Å². The summed E-state index contributed by atoms with van der Waals surface area (Å²) in [6.07, 6.45) is 0.909. The van der Waals surface area contributed by atoms with Gasteiger partial charge >= 0.3 is 0 Å². The molecule has 0 fully saturated rings. The molecule has 0 saturated heterocycles. The SMILES string of the molecule is Cc1ccccc1CC(Cl)c1cscc1C. The van der Waals surface area contributed by atoms with Crippen LogP contribution in [0.25, 0.3) is 0 Å². The van der Waals surface area contributed by atoms with Gasteiger partial charge in [0.1, 0.15) is 0 Å². The topological polar surface area (TPSA) is 0 Å². The zero-order chi connectivity index (χ0) is 11.5. The average molecular weight is 251 g/mol. The second-order valence-corrected chi connectivity index (χ2v) is 5.38. The van der Waals surface area contributed by atoms with Gasteiger partial charge in [-0.3, -0.25) is 0 Å². The number of aryl methyl sites for hydroxylation is 2. The van der Waals surface area contributed by atoms with Crippen molar-refractivity contribution in [2.45, 2.75) is 25.6 Å². The molecule has 0 aliphatic rings. The Morgan fingerprint density at radius 3 is 2.50 bits per heavy atom. The van der Waals surface area contributed by atoms with Crippen LogP contribution >= 0.6 is 22.9 Å². The van der Waals surface area contributed by atoms with E-state index in [9.17, 15) is 0 Å². The Morgan fingerprint density at radius 2 is 1.88 bits per heavy atom. The summed E-state index contributed by atoms with van der Waals surface area (Å²) in [5.41, 5.74) is 5.24. The Bertz CT molecular complexity index is 473. The maximum Gasteiger partial charge on any atom is 0.0636 e. The van der Waals surface area contributed by atoms with Crippen LogP contribution in [0.3, 0.4) is 0 Å². The van der Waals surface area contributed by atoms with Crippen molar-refractivity contribution in [3.63, 3.8) is 0 Å². The molecule has 1 unspecified atom stereocenters. The summed E-state index contributed by atoms with van der Waals surface area (Å²) in [7, 11) is 0. The molecule has 1 atom stereocenters. The Kier molecular flexibility index (Phi) is 3.67. The van der Waals surface area contributed by atoms with Gasteiger partial charge in [-0.1, -0.05) is 24.3 Å². The molecule has 1 aromatic heterocycles. The van der Waals surface area contributed by atoms with Crippen LogP contribution in [0.4, 0.5) is 0 Å². The minimum Gasteiger partial charge on any atom is -0.152 e. The van der Waals surface area contributed by atoms with E-state index in [-0.39, 0.29) is 5.38 Å². The van der Waals surface area contributed by atoms with E-state index < -0.39 is 0 Å². The summed E-state index contributed by atoms with van der Waals surface area (Å²) in [6.45, 7) is 4.26. The first kappa shape index (κ1) is 11.7. The van der Waals surface area contributed by atoms with E-state index in [1.807, 2.05) is 0 Å². The monoisotopic (exact) mass is 250 g/mol. The molecule has 1 heterocycles. The Hall–Kier alpha value is -0.790. The highest BCUT2D eigenvalue weighted by atomic mass is 35.5. The highest BCUT2D eigenvalue weighted by Gasteiger charge is 2.13. The lowest BCUT2D eigenvalue weighted by Crippen LogP contribution is -1.97. The van der Waals surface area contributed by atoms with Crippen LogP contribution in [0.5, 0.6) is 0 Å². The van der Waals surface area contributed by atoms with Crippen LogP contribution in [0.1, 0.15) is 27.6 Å². The van der Waals surface area contributed by atoms with E-state index in [1.165, 1.54) is 22.3 Å². The lowest BCUT2D eigenvalue weighted by Gasteiger charge is -2.11. The first-order valence-electron chi connectivity index (χ1n) is 5.39. The second kappa shape index (κ2) is 5.03. The molecule has 2 heteroatoms. The lowest BCUT2D eigenvalue weighted by atomic mass is 10.0. The number of alkyl halides is 1. The van der Waals surface area contributed by atoms with Crippen molar-refractivity contribution in [1.82, 2.24) is 0 Å². The van der Waals surface area contributed by atoms with E-state index in [0.29, 0.717) is 0 Å². The summed E-state index contributed by atoms with van der Waals surface area (Å²) in [4.78, 5) is 0.